The Morgan fingerprint density at radius 3 is 2.65 bits per heavy atom. The number of carbonyl (C=O) groups is 1. The third-order valence-corrected chi connectivity index (χ3v) is 6.01. The molecule has 4 rings (SSSR count). The lowest BCUT2D eigenvalue weighted by molar-refractivity contribution is 0.0992. The van der Waals surface area contributed by atoms with Crippen LogP contribution in [0.25, 0.3) is 0 Å². The number of ether oxygens (including phenoxy) is 1. The molecule has 0 saturated carbocycles. The Morgan fingerprint density at radius 2 is 1.91 bits per heavy atom. The summed E-state index contributed by atoms with van der Waals surface area (Å²) in [4.78, 5) is 12.8. The van der Waals surface area contributed by atoms with Crippen LogP contribution in [0.2, 0.25) is 10.0 Å². The second-order valence-electron chi connectivity index (χ2n) is 7.83. The van der Waals surface area contributed by atoms with Crippen LogP contribution in [0.5, 0.6) is 5.75 Å². The van der Waals surface area contributed by atoms with E-state index in [9.17, 15) is 9.18 Å². The molecule has 2 heterocycles. The molecule has 0 unspecified atom stereocenters. The number of halogens is 3. The van der Waals surface area contributed by atoms with E-state index in [1.165, 1.54) is 12.1 Å². The summed E-state index contributed by atoms with van der Waals surface area (Å²) in [6, 6.07) is 13.0. The number of hydrogen-bond donors (Lipinski definition) is 1. The molecule has 0 radical (unpaired) electrons. The van der Waals surface area contributed by atoms with Crippen molar-refractivity contribution < 1.29 is 18.3 Å². The monoisotopic (exact) mass is 501 g/mol. The Morgan fingerprint density at radius 1 is 1.12 bits per heavy atom. The summed E-state index contributed by atoms with van der Waals surface area (Å²) in [5, 5.41) is 8.17. The lowest BCUT2D eigenvalue weighted by Gasteiger charge is -2.09. The topological polar surface area (TPSA) is 69.3 Å². The largest absolute Gasteiger partial charge is 0.484 e. The molecule has 0 aliphatic carbocycles. The van der Waals surface area contributed by atoms with Gasteiger partial charge in [0.1, 0.15) is 23.9 Å². The van der Waals surface area contributed by atoms with E-state index in [4.69, 9.17) is 32.4 Å². The van der Waals surface area contributed by atoms with E-state index in [1.54, 1.807) is 35.9 Å². The number of hydrogen-bond acceptors (Lipinski definition) is 4. The van der Waals surface area contributed by atoms with Gasteiger partial charge in [0.15, 0.2) is 5.76 Å². The summed E-state index contributed by atoms with van der Waals surface area (Å²) in [5.41, 5.74) is 3.56. The number of para-hydroxylation sites is 1. The molecular weight excluding hydrogens is 480 g/mol. The smallest absolute Gasteiger partial charge is 0.291 e. The molecule has 0 aliphatic heterocycles. The number of furan rings is 1. The molecule has 176 valence electrons. The standard InChI is InChI=1S/C25H22Cl2FN3O3/c1-14-5-4-6-20(26)24(14)33-13-19-9-10-22(34-19)25(32)29-23-15(2)30-31(16(23)3)12-17-7-8-18(28)11-21(17)27/h4-11H,12-13H2,1-3H3,(H,29,32). The maximum atomic E-state index is 13.3. The van der Waals surface area contributed by atoms with Crippen LogP contribution in [0, 0.1) is 26.6 Å². The number of nitrogens with zero attached hydrogens (tertiary/aromatic N) is 2. The average Bonchev–Trinajstić information content (AvgIpc) is 3.36. The molecule has 0 fully saturated rings. The Balaban J connectivity index is 1.44. The van der Waals surface area contributed by atoms with Crippen LogP contribution in [-0.2, 0) is 13.2 Å². The number of aromatic nitrogens is 2. The summed E-state index contributed by atoms with van der Waals surface area (Å²) < 4.78 is 26.5. The van der Waals surface area contributed by atoms with E-state index in [0.717, 1.165) is 16.8 Å². The first-order valence-electron chi connectivity index (χ1n) is 10.5. The molecule has 2 aromatic heterocycles. The molecule has 0 atom stereocenters. The van der Waals surface area contributed by atoms with Gasteiger partial charge < -0.3 is 14.5 Å². The van der Waals surface area contributed by atoms with E-state index in [-0.39, 0.29) is 12.4 Å². The van der Waals surface area contributed by atoms with Gasteiger partial charge in [-0.15, -0.1) is 0 Å². The summed E-state index contributed by atoms with van der Waals surface area (Å²) in [5.74, 6) is 0.389. The Labute approximate surface area is 206 Å². The van der Waals surface area contributed by atoms with Crippen molar-refractivity contribution in [2.24, 2.45) is 0 Å². The Bertz CT molecular complexity index is 1340. The summed E-state index contributed by atoms with van der Waals surface area (Å²) in [6.07, 6.45) is 0. The summed E-state index contributed by atoms with van der Waals surface area (Å²) in [7, 11) is 0. The highest BCUT2D eigenvalue weighted by molar-refractivity contribution is 6.32. The Hall–Kier alpha value is -3.29. The van der Waals surface area contributed by atoms with Crippen molar-refractivity contribution in [3.05, 3.63) is 98.4 Å². The SMILES string of the molecule is Cc1cccc(Cl)c1OCc1ccc(C(=O)Nc2c(C)nn(Cc3ccc(F)cc3Cl)c2C)o1. The van der Waals surface area contributed by atoms with E-state index < -0.39 is 11.7 Å². The quantitative estimate of drug-likeness (QED) is 0.304. The van der Waals surface area contributed by atoms with Crippen molar-refractivity contribution in [2.75, 3.05) is 5.32 Å². The van der Waals surface area contributed by atoms with E-state index in [1.807, 2.05) is 26.0 Å². The minimum Gasteiger partial charge on any atom is -0.484 e. The van der Waals surface area contributed by atoms with Gasteiger partial charge in [0.2, 0.25) is 0 Å². The third-order valence-electron chi connectivity index (χ3n) is 5.36. The minimum atomic E-state index is -0.411. The molecule has 34 heavy (non-hydrogen) atoms. The third kappa shape index (κ3) is 5.11. The summed E-state index contributed by atoms with van der Waals surface area (Å²) in [6.45, 7) is 5.99. The van der Waals surface area contributed by atoms with E-state index in [2.05, 4.69) is 10.4 Å². The fourth-order valence-corrected chi connectivity index (χ4v) is 4.04. The molecule has 1 amide bonds. The van der Waals surface area contributed by atoms with Crippen molar-refractivity contribution >= 4 is 34.8 Å². The van der Waals surface area contributed by atoms with Crippen LogP contribution in [0.3, 0.4) is 0 Å². The fraction of sp³-hybridized carbons (Fsp3) is 0.200. The second-order valence-corrected chi connectivity index (χ2v) is 8.65. The summed E-state index contributed by atoms with van der Waals surface area (Å²) >= 11 is 12.3. The average molecular weight is 502 g/mol. The number of rotatable bonds is 7. The van der Waals surface area contributed by atoms with E-state index in [0.29, 0.717) is 39.5 Å². The first kappa shape index (κ1) is 23.9. The number of benzene rings is 2. The molecule has 6 nitrogen and oxygen atoms in total. The van der Waals surface area contributed by atoms with Gasteiger partial charge >= 0.3 is 0 Å². The zero-order valence-electron chi connectivity index (χ0n) is 18.8. The fourth-order valence-electron chi connectivity index (χ4n) is 3.54. The second kappa shape index (κ2) is 9.91. The molecule has 0 bridgehead atoms. The van der Waals surface area contributed by atoms with Gasteiger partial charge in [0.05, 0.1) is 28.6 Å². The van der Waals surface area contributed by atoms with Gasteiger partial charge in [0, 0.05) is 5.02 Å². The van der Waals surface area contributed by atoms with E-state index >= 15 is 0 Å². The molecule has 9 heteroatoms. The lowest BCUT2D eigenvalue weighted by Crippen LogP contribution is -2.12. The molecule has 4 aromatic rings. The number of carbonyl (C=O) groups excluding carboxylic acids is 1. The van der Waals surface area contributed by atoms with Gasteiger partial charge in [0.25, 0.3) is 5.91 Å². The van der Waals surface area contributed by atoms with Gasteiger partial charge in [-0.25, -0.2) is 4.39 Å². The predicted octanol–water partition coefficient (Wildman–Crippen LogP) is 6.73. The van der Waals surface area contributed by atoms with Crippen molar-refractivity contribution in [1.29, 1.82) is 0 Å². The maximum Gasteiger partial charge on any atom is 0.291 e. The van der Waals surface area contributed by atoms with Gasteiger partial charge in [-0.1, -0.05) is 41.4 Å². The minimum absolute atomic E-state index is 0.131. The first-order valence-corrected chi connectivity index (χ1v) is 11.2. The zero-order chi connectivity index (χ0) is 24.4. The van der Waals surface area contributed by atoms with Crippen LogP contribution < -0.4 is 10.1 Å². The van der Waals surface area contributed by atoms with Crippen LogP contribution in [-0.4, -0.2) is 15.7 Å². The van der Waals surface area contributed by atoms with Crippen LogP contribution in [0.15, 0.2) is 52.9 Å². The lowest BCUT2D eigenvalue weighted by atomic mass is 10.2. The van der Waals surface area contributed by atoms with Gasteiger partial charge in [-0.05, 0) is 62.2 Å². The van der Waals surface area contributed by atoms with Crippen LogP contribution in [0.4, 0.5) is 10.1 Å². The number of anilines is 1. The molecular formula is C25H22Cl2FN3O3. The number of aryl methyl sites for hydroxylation is 2. The molecule has 2 aromatic carbocycles. The van der Waals surface area contributed by atoms with Crippen LogP contribution >= 0.6 is 23.2 Å². The first-order chi connectivity index (χ1) is 16.2. The predicted molar refractivity (Wildman–Crippen MR) is 129 cm³/mol. The van der Waals surface area contributed by atoms with Gasteiger partial charge in [-0.2, -0.15) is 5.10 Å². The Kier molecular flexibility index (Phi) is 6.95. The molecule has 0 spiro atoms. The van der Waals surface area contributed by atoms with Gasteiger partial charge in [-0.3, -0.25) is 9.48 Å². The number of nitrogens with one attached hydrogen (secondary N) is 1. The van der Waals surface area contributed by atoms with Crippen molar-refractivity contribution in [3.8, 4) is 5.75 Å². The van der Waals surface area contributed by atoms with Crippen molar-refractivity contribution in [2.45, 2.75) is 33.9 Å². The normalized spacial score (nSPS) is 11.0. The highest BCUT2D eigenvalue weighted by Gasteiger charge is 2.19. The van der Waals surface area contributed by atoms with Crippen molar-refractivity contribution in [3.63, 3.8) is 0 Å². The van der Waals surface area contributed by atoms with Crippen LogP contribution in [0.1, 0.15) is 38.8 Å². The molecule has 1 N–H and O–H groups in total. The highest BCUT2D eigenvalue weighted by atomic mass is 35.5. The maximum absolute atomic E-state index is 13.3. The number of amides is 1. The van der Waals surface area contributed by atoms with Crippen molar-refractivity contribution in [1.82, 2.24) is 9.78 Å². The zero-order valence-corrected chi connectivity index (χ0v) is 20.3. The highest BCUT2D eigenvalue weighted by Crippen LogP contribution is 2.29. The molecule has 0 saturated heterocycles. The molecule has 0 aliphatic rings.